The second-order valence-electron chi connectivity index (χ2n) is 1.63. The molecule has 0 amide bonds. The molecule has 0 saturated carbocycles. The molecule has 0 N–H and O–H groups in total. The van der Waals surface area contributed by atoms with Crippen molar-refractivity contribution in [3.05, 3.63) is 12.3 Å². The molecule has 0 aliphatic carbocycles. The van der Waals surface area contributed by atoms with Crippen molar-refractivity contribution in [2.45, 2.75) is 13.8 Å². The first kappa shape index (κ1) is 8.08. The summed E-state index contributed by atoms with van der Waals surface area (Å²) in [5.41, 5.74) is 0.938. The second kappa shape index (κ2) is 5.22. The highest BCUT2D eigenvalue weighted by Gasteiger charge is 1.74. The lowest BCUT2D eigenvalue weighted by Crippen LogP contribution is -1.89. The van der Waals surface area contributed by atoms with E-state index in [1.165, 1.54) is 0 Å². The van der Waals surface area contributed by atoms with E-state index in [1.807, 2.05) is 19.9 Å². The number of nitrogens with zero attached hydrogens (tertiary/aromatic N) is 2. The van der Waals surface area contributed by atoms with Crippen LogP contribution in [0.5, 0.6) is 0 Å². The van der Waals surface area contributed by atoms with Crippen molar-refractivity contribution in [1.29, 1.82) is 0 Å². The van der Waals surface area contributed by atoms with Crippen LogP contribution >= 0.6 is 0 Å². The van der Waals surface area contributed by atoms with Gasteiger partial charge in [-0.15, -0.1) is 0 Å². The van der Waals surface area contributed by atoms with Crippen LogP contribution < -0.4 is 0 Å². The molecule has 0 aromatic rings. The Kier molecular flexibility index (Phi) is 4.69. The maximum absolute atomic E-state index is 3.92. The maximum Gasteiger partial charge on any atom is 0.0496 e. The average Bonchev–Trinajstić information content (AvgIpc) is 1.89. The summed E-state index contributed by atoms with van der Waals surface area (Å²) < 4.78 is 0. The molecule has 2 nitrogen and oxygen atoms in total. The minimum absolute atomic E-state index is 0.938. The largest absolute Gasteiger partial charge is 0.292 e. The van der Waals surface area contributed by atoms with E-state index in [1.54, 1.807) is 19.5 Å². The maximum atomic E-state index is 3.92. The van der Waals surface area contributed by atoms with Gasteiger partial charge in [-0.1, -0.05) is 6.08 Å². The van der Waals surface area contributed by atoms with E-state index < -0.39 is 0 Å². The molecule has 0 radical (unpaired) electrons. The van der Waals surface area contributed by atoms with Gasteiger partial charge in [0.05, 0.1) is 0 Å². The zero-order valence-corrected chi connectivity index (χ0v) is 6.13. The number of rotatable bonds is 2. The minimum Gasteiger partial charge on any atom is -0.292 e. The van der Waals surface area contributed by atoms with Gasteiger partial charge in [0, 0.05) is 25.2 Å². The van der Waals surface area contributed by atoms with Gasteiger partial charge in [-0.05, 0) is 13.8 Å². The Morgan fingerprint density at radius 1 is 1.44 bits per heavy atom. The van der Waals surface area contributed by atoms with Crippen molar-refractivity contribution in [2.75, 3.05) is 7.05 Å². The van der Waals surface area contributed by atoms with Crippen LogP contribution in [-0.4, -0.2) is 19.0 Å². The summed E-state index contributed by atoms with van der Waals surface area (Å²) in [4.78, 5) is 7.82. The zero-order chi connectivity index (χ0) is 7.11. The normalized spacial score (nSPS) is 13.9. The third kappa shape index (κ3) is 4.94. The number of hydrogen-bond acceptors (Lipinski definition) is 2. The summed E-state index contributed by atoms with van der Waals surface area (Å²) in [7, 11) is 1.75. The van der Waals surface area contributed by atoms with Crippen LogP contribution in [-0.2, 0) is 0 Å². The standard InChI is InChI=1S/C7H12N2/c1-4-5-9-6-7(2)8-3/h4-6H,1-3H3/b5-4-,8-7-,9-6-. The first-order chi connectivity index (χ1) is 4.31. The molecule has 50 valence electrons. The van der Waals surface area contributed by atoms with Gasteiger partial charge >= 0.3 is 0 Å². The molecule has 0 saturated heterocycles. The molecule has 0 aliphatic rings. The molecule has 2 heteroatoms. The smallest absolute Gasteiger partial charge is 0.0496 e. The monoisotopic (exact) mass is 124 g/mol. The van der Waals surface area contributed by atoms with Crippen molar-refractivity contribution < 1.29 is 0 Å². The lowest BCUT2D eigenvalue weighted by molar-refractivity contribution is 1.44. The third-order valence-corrected chi connectivity index (χ3v) is 0.849. The Labute approximate surface area is 56.0 Å². The second-order valence-corrected chi connectivity index (χ2v) is 1.63. The van der Waals surface area contributed by atoms with Gasteiger partial charge in [0.1, 0.15) is 0 Å². The summed E-state index contributed by atoms with van der Waals surface area (Å²) in [5, 5.41) is 0. The van der Waals surface area contributed by atoms with Crippen molar-refractivity contribution >= 4 is 11.9 Å². The summed E-state index contributed by atoms with van der Waals surface area (Å²) >= 11 is 0. The fraction of sp³-hybridized carbons (Fsp3) is 0.429. The molecule has 0 heterocycles. The van der Waals surface area contributed by atoms with Crippen molar-refractivity contribution in [2.24, 2.45) is 9.98 Å². The zero-order valence-electron chi connectivity index (χ0n) is 6.13. The summed E-state index contributed by atoms with van der Waals surface area (Å²) in [6, 6.07) is 0. The molecular formula is C7H12N2. The molecule has 0 rings (SSSR count). The molecule has 0 aromatic heterocycles. The van der Waals surface area contributed by atoms with Crippen LogP contribution in [0.15, 0.2) is 22.3 Å². The number of hydrogen-bond donors (Lipinski definition) is 0. The van der Waals surface area contributed by atoms with E-state index >= 15 is 0 Å². The van der Waals surface area contributed by atoms with Gasteiger partial charge in [0.25, 0.3) is 0 Å². The summed E-state index contributed by atoms with van der Waals surface area (Å²) in [5.74, 6) is 0. The third-order valence-electron chi connectivity index (χ3n) is 0.849. The minimum atomic E-state index is 0.938. The van der Waals surface area contributed by atoms with Gasteiger partial charge in [-0.2, -0.15) is 0 Å². The highest BCUT2D eigenvalue weighted by molar-refractivity contribution is 6.29. The van der Waals surface area contributed by atoms with E-state index in [2.05, 4.69) is 9.98 Å². The molecule has 0 aromatic carbocycles. The van der Waals surface area contributed by atoms with Gasteiger partial charge in [-0.3, -0.25) is 9.98 Å². The van der Waals surface area contributed by atoms with Crippen LogP contribution in [0.2, 0.25) is 0 Å². The molecular weight excluding hydrogens is 112 g/mol. The Balaban J connectivity index is 3.71. The Morgan fingerprint density at radius 3 is 2.56 bits per heavy atom. The number of aliphatic imine (C=N–C) groups is 2. The first-order valence-corrected chi connectivity index (χ1v) is 2.89. The lowest BCUT2D eigenvalue weighted by atomic mass is 10.5. The fourth-order valence-electron chi connectivity index (χ4n) is 0.295. The van der Waals surface area contributed by atoms with Crippen LogP contribution in [0, 0.1) is 0 Å². The average molecular weight is 124 g/mol. The summed E-state index contributed by atoms with van der Waals surface area (Å²) in [6.07, 6.45) is 5.33. The molecule has 9 heavy (non-hydrogen) atoms. The molecule has 0 bridgehead atoms. The molecule has 0 aliphatic heterocycles. The Morgan fingerprint density at radius 2 is 2.11 bits per heavy atom. The predicted octanol–water partition coefficient (Wildman–Crippen LogP) is 1.68. The van der Waals surface area contributed by atoms with E-state index in [0.717, 1.165) is 5.71 Å². The van der Waals surface area contributed by atoms with E-state index in [0.29, 0.717) is 0 Å². The van der Waals surface area contributed by atoms with Gasteiger partial charge in [-0.25, -0.2) is 0 Å². The van der Waals surface area contributed by atoms with Crippen molar-refractivity contribution in [3.8, 4) is 0 Å². The van der Waals surface area contributed by atoms with Gasteiger partial charge in [0.2, 0.25) is 0 Å². The molecule has 0 fully saturated rings. The molecule has 0 atom stereocenters. The quantitative estimate of drug-likeness (QED) is 0.500. The van der Waals surface area contributed by atoms with Crippen LogP contribution in [0.3, 0.4) is 0 Å². The van der Waals surface area contributed by atoms with Crippen LogP contribution in [0.1, 0.15) is 13.8 Å². The lowest BCUT2D eigenvalue weighted by Gasteiger charge is -1.81. The SMILES string of the molecule is C\C=C/N=C\C(C)=N/C. The highest BCUT2D eigenvalue weighted by Crippen LogP contribution is 1.73. The molecule has 0 spiro atoms. The van der Waals surface area contributed by atoms with E-state index in [9.17, 15) is 0 Å². The van der Waals surface area contributed by atoms with E-state index in [4.69, 9.17) is 0 Å². The van der Waals surface area contributed by atoms with E-state index in [-0.39, 0.29) is 0 Å². The number of allylic oxidation sites excluding steroid dienone is 1. The highest BCUT2D eigenvalue weighted by atomic mass is 14.7. The Hall–Kier alpha value is -0.920. The fourth-order valence-corrected chi connectivity index (χ4v) is 0.295. The van der Waals surface area contributed by atoms with Crippen LogP contribution in [0.25, 0.3) is 0 Å². The first-order valence-electron chi connectivity index (χ1n) is 2.89. The van der Waals surface area contributed by atoms with Crippen LogP contribution in [0.4, 0.5) is 0 Å². The van der Waals surface area contributed by atoms with Gasteiger partial charge in [0.15, 0.2) is 0 Å². The predicted molar refractivity (Wildman–Crippen MR) is 42.3 cm³/mol. The molecule has 0 unspecified atom stereocenters. The topological polar surface area (TPSA) is 24.7 Å². The Bertz CT molecular complexity index is 143. The van der Waals surface area contributed by atoms with Gasteiger partial charge < -0.3 is 0 Å². The summed E-state index contributed by atoms with van der Waals surface area (Å²) in [6.45, 7) is 3.84. The van der Waals surface area contributed by atoms with Crippen molar-refractivity contribution in [3.63, 3.8) is 0 Å². The van der Waals surface area contributed by atoms with Crippen molar-refractivity contribution in [1.82, 2.24) is 0 Å².